The summed E-state index contributed by atoms with van der Waals surface area (Å²) in [6, 6.07) is 6.87. The van der Waals surface area contributed by atoms with Crippen molar-refractivity contribution in [2.75, 3.05) is 0 Å². The number of nitrogens with zero attached hydrogens (tertiary/aromatic N) is 1. The molecular formula is C10H8FNS. The van der Waals surface area contributed by atoms with Gasteiger partial charge in [0.25, 0.3) is 0 Å². The number of rotatable bonds is 1. The Hall–Kier alpha value is -1.01. The van der Waals surface area contributed by atoms with Crippen molar-refractivity contribution in [3.8, 4) is 6.07 Å². The van der Waals surface area contributed by atoms with Gasteiger partial charge in [-0.3, -0.25) is 0 Å². The lowest BCUT2D eigenvalue weighted by Crippen LogP contribution is -2.06. The Morgan fingerprint density at radius 1 is 1.46 bits per heavy atom. The fourth-order valence-electron chi connectivity index (χ4n) is 1.53. The topological polar surface area (TPSA) is 23.8 Å². The van der Waals surface area contributed by atoms with E-state index in [-0.39, 0.29) is 5.82 Å². The largest absolute Gasteiger partial charge is 0.207 e. The van der Waals surface area contributed by atoms with Crippen molar-refractivity contribution in [2.45, 2.75) is 23.2 Å². The van der Waals surface area contributed by atoms with Gasteiger partial charge in [-0.25, -0.2) is 4.39 Å². The minimum atomic E-state index is -0.581. The highest BCUT2D eigenvalue weighted by atomic mass is 32.1. The molecular weight excluding hydrogens is 185 g/mol. The molecule has 0 unspecified atom stereocenters. The number of hydrogen-bond acceptors (Lipinski definition) is 2. The minimum absolute atomic E-state index is 0.313. The van der Waals surface area contributed by atoms with Crippen LogP contribution in [0.2, 0.25) is 0 Å². The number of benzene rings is 1. The van der Waals surface area contributed by atoms with Crippen LogP contribution in [-0.4, -0.2) is 0 Å². The molecule has 0 amide bonds. The van der Waals surface area contributed by atoms with Crippen LogP contribution < -0.4 is 0 Å². The Morgan fingerprint density at radius 2 is 2.15 bits per heavy atom. The Balaban J connectivity index is 2.58. The van der Waals surface area contributed by atoms with Gasteiger partial charge in [0.2, 0.25) is 0 Å². The van der Waals surface area contributed by atoms with Crippen LogP contribution in [0.1, 0.15) is 18.4 Å². The average molecular weight is 193 g/mol. The van der Waals surface area contributed by atoms with E-state index in [1.165, 1.54) is 6.07 Å². The summed E-state index contributed by atoms with van der Waals surface area (Å²) in [5.41, 5.74) is -0.108. The number of hydrogen-bond donors (Lipinski definition) is 1. The molecule has 1 saturated carbocycles. The molecule has 2 rings (SSSR count). The summed E-state index contributed by atoms with van der Waals surface area (Å²) in [5.74, 6) is -0.313. The zero-order valence-corrected chi connectivity index (χ0v) is 7.81. The number of nitriles is 1. The molecule has 0 radical (unpaired) electrons. The maximum atomic E-state index is 13.4. The SMILES string of the molecule is N#CC1(c2c(F)cccc2S)CC1. The third-order valence-corrected chi connectivity index (χ3v) is 2.81. The van der Waals surface area contributed by atoms with E-state index in [1.54, 1.807) is 12.1 Å². The van der Waals surface area contributed by atoms with E-state index >= 15 is 0 Å². The van der Waals surface area contributed by atoms with Crippen molar-refractivity contribution in [3.63, 3.8) is 0 Å². The zero-order chi connectivity index (χ0) is 9.47. The predicted molar refractivity (Wildman–Crippen MR) is 50.2 cm³/mol. The Kier molecular flexibility index (Phi) is 1.81. The summed E-state index contributed by atoms with van der Waals surface area (Å²) in [7, 11) is 0. The molecule has 13 heavy (non-hydrogen) atoms. The molecule has 3 heteroatoms. The third-order valence-electron chi connectivity index (χ3n) is 2.43. The molecule has 0 spiro atoms. The normalized spacial score (nSPS) is 17.9. The Labute approximate surface area is 81.6 Å². The molecule has 0 heterocycles. The molecule has 1 aliphatic rings. The molecule has 0 atom stereocenters. The number of thiol groups is 1. The first-order valence-corrected chi connectivity index (χ1v) is 4.53. The standard InChI is InChI=1S/C10H8FNS/c11-7-2-1-3-8(13)9(7)10(6-12)4-5-10/h1-3,13H,4-5H2. The fraction of sp³-hybridized carbons (Fsp3) is 0.300. The third kappa shape index (κ3) is 1.22. The van der Waals surface area contributed by atoms with Crippen LogP contribution in [0, 0.1) is 17.1 Å². The molecule has 66 valence electrons. The Morgan fingerprint density at radius 3 is 2.62 bits per heavy atom. The van der Waals surface area contributed by atoms with E-state index in [1.807, 2.05) is 0 Å². The van der Waals surface area contributed by atoms with E-state index in [4.69, 9.17) is 5.26 Å². The van der Waals surface area contributed by atoms with Gasteiger partial charge in [0.1, 0.15) is 5.82 Å². The first kappa shape index (κ1) is 8.58. The van der Waals surface area contributed by atoms with E-state index in [2.05, 4.69) is 18.7 Å². The lowest BCUT2D eigenvalue weighted by Gasteiger charge is -2.09. The summed E-state index contributed by atoms with van der Waals surface area (Å²) in [4.78, 5) is 0.582. The van der Waals surface area contributed by atoms with Gasteiger partial charge in [0.15, 0.2) is 0 Å². The van der Waals surface area contributed by atoms with E-state index < -0.39 is 5.41 Å². The smallest absolute Gasteiger partial charge is 0.129 e. The highest BCUT2D eigenvalue weighted by Gasteiger charge is 2.47. The maximum Gasteiger partial charge on any atom is 0.129 e. The average Bonchev–Trinajstić information content (AvgIpc) is 2.85. The van der Waals surface area contributed by atoms with Gasteiger partial charge in [-0.2, -0.15) is 5.26 Å². The van der Waals surface area contributed by atoms with Gasteiger partial charge in [-0.05, 0) is 25.0 Å². The van der Waals surface area contributed by atoms with Crippen molar-refractivity contribution in [1.82, 2.24) is 0 Å². The van der Waals surface area contributed by atoms with E-state index in [0.29, 0.717) is 10.5 Å². The summed E-state index contributed by atoms with van der Waals surface area (Å²) >= 11 is 4.16. The highest BCUT2D eigenvalue weighted by molar-refractivity contribution is 7.80. The second-order valence-electron chi connectivity index (χ2n) is 3.33. The fourth-order valence-corrected chi connectivity index (χ4v) is 1.94. The molecule has 1 aliphatic carbocycles. The van der Waals surface area contributed by atoms with E-state index in [0.717, 1.165) is 12.8 Å². The summed E-state index contributed by atoms with van der Waals surface area (Å²) in [6.45, 7) is 0. The van der Waals surface area contributed by atoms with Crippen LogP contribution in [0.5, 0.6) is 0 Å². The molecule has 1 fully saturated rings. The molecule has 1 aromatic rings. The molecule has 1 nitrogen and oxygen atoms in total. The predicted octanol–water partition coefficient (Wildman–Crippen LogP) is 2.67. The van der Waals surface area contributed by atoms with Crippen LogP contribution in [0.3, 0.4) is 0 Å². The van der Waals surface area contributed by atoms with Crippen molar-refractivity contribution in [1.29, 1.82) is 5.26 Å². The van der Waals surface area contributed by atoms with Crippen LogP contribution in [0.4, 0.5) is 4.39 Å². The van der Waals surface area contributed by atoms with Crippen molar-refractivity contribution in [3.05, 3.63) is 29.6 Å². The highest BCUT2D eigenvalue weighted by Crippen LogP contribution is 2.50. The monoisotopic (exact) mass is 193 g/mol. The van der Waals surface area contributed by atoms with Gasteiger partial charge in [-0.15, -0.1) is 12.6 Å². The van der Waals surface area contributed by atoms with Crippen molar-refractivity contribution < 1.29 is 4.39 Å². The molecule has 0 saturated heterocycles. The second kappa shape index (κ2) is 2.74. The summed E-state index contributed by atoms with van der Waals surface area (Å²) < 4.78 is 13.4. The first-order chi connectivity index (χ1) is 6.19. The summed E-state index contributed by atoms with van der Waals surface area (Å²) in [5, 5.41) is 8.91. The minimum Gasteiger partial charge on any atom is -0.207 e. The van der Waals surface area contributed by atoms with E-state index in [9.17, 15) is 4.39 Å². The lowest BCUT2D eigenvalue weighted by atomic mass is 9.97. The van der Waals surface area contributed by atoms with Crippen LogP contribution in [0.15, 0.2) is 23.1 Å². The van der Waals surface area contributed by atoms with Gasteiger partial charge in [-0.1, -0.05) is 6.07 Å². The quantitative estimate of drug-likeness (QED) is 0.681. The van der Waals surface area contributed by atoms with Crippen molar-refractivity contribution >= 4 is 12.6 Å². The molecule has 0 aromatic heterocycles. The van der Waals surface area contributed by atoms with Crippen LogP contribution in [-0.2, 0) is 5.41 Å². The van der Waals surface area contributed by atoms with Gasteiger partial charge in [0, 0.05) is 10.5 Å². The van der Waals surface area contributed by atoms with Crippen molar-refractivity contribution in [2.24, 2.45) is 0 Å². The lowest BCUT2D eigenvalue weighted by molar-refractivity contribution is 0.592. The van der Waals surface area contributed by atoms with Gasteiger partial charge >= 0.3 is 0 Å². The number of halogens is 1. The summed E-state index contributed by atoms with van der Waals surface area (Å²) in [6.07, 6.45) is 1.50. The molecule has 1 aromatic carbocycles. The van der Waals surface area contributed by atoms with Gasteiger partial charge < -0.3 is 0 Å². The zero-order valence-electron chi connectivity index (χ0n) is 6.92. The van der Waals surface area contributed by atoms with Crippen LogP contribution >= 0.6 is 12.6 Å². The molecule has 0 N–H and O–H groups in total. The van der Waals surface area contributed by atoms with Crippen LogP contribution in [0.25, 0.3) is 0 Å². The molecule has 0 bridgehead atoms. The Bertz CT molecular complexity index is 370. The second-order valence-corrected chi connectivity index (χ2v) is 3.81. The molecule has 0 aliphatic heterocycles. The first-order valence-electron chi connectivity index (χ1n) is 4.09. The van der Waals surface area contributed by atoms with Gasteiger partial charge in [0.05, 0.1) is 11.5 Å². The maximum absolute atomic E-state index is 13.4.